The lowest BCUT2D eigenvalue weighted by Gasteiger charge is -2.12. The molecule has 0 radical (unpaired) electrons. The van der Waals surface area contributed by atoms with Gasteiger partial charge in [-0.05, 0) is 37.8 Å². The van der Waals surface area contributed by atoms with Crippen molar-refractivity contribution in [2.24, 2.45) is 5.92 Å². The van der Waals surface area contributed by atoms with Crippen molar-refractivity contribution in [2.75, 3.05) is 5.32 Å². The average Bonchev–Trinajstić information content (AvgIpc) is 3.20. The highest BCUT2D eigenvalue weighted by Gasteiger charge is 2.32. The Morgan fingerprint density at radius 3 is 2.74 bits per heavy atom. The summed E-state index contributed by atoms with van der Waals surface area (Å²) in [7, 11) is 0. The van der Waals surface area contributed by atoms with Gasteiger partial charge in [0, 0.05) is 11.3 Å². The summed E-state index contributed by atoms with van der Waals surface area (Å²) in [4.78, 5) is 23.0. The fraction of sp³-hybridized carbons (Fsp3) is 0.357. The molecule has 2 N–H and O–H groups in total. The molecule has 0 saturated heterocycles. The van der Waals surface area contributed by atoms with Crippen molar-refractivity contribution in [2.45, 2.75) is 25.8 Å². The molecular weight excluding hydrogens is 242 g/mol. The minimum absolute atomic E-state index is 0.0584. The number of benzene rings is 1. The van der Waals surface area contributed by atoms with Crippen LogP contribution in [0.15, 0.2) is 24.3 Å². The van der Waals surface area contributed by atoms with Gasteiger partial charge in [-0.2, -0.15) is 5.26 Å². The third kappa shape index (κ3) is 3.55. The number of urea groups is 1. The Hall–Kier alpha value is -2.35. The van der Waals surface area contributed by atoms with Crippen molar-refractivity contribution in [3.8, 4) is 6.07 Å². The van der Waals surface area contributed by atoms with Crippen LogP contribution >= 0.6 is 0 Å². The molecule has 5 nitrogen and oxygen atoms in total. The largest absolute Gasteiger partial charge is 0.322 e. The number of carbonyl (C=O) groups is 2. The summed E-state index contributed by atoms with van der Waals surface area (Å²) in [5.74, 6) is 0.219. The lowest BCUT2D eigenvalue weighted by atomic mass is 10.1. The Morgan fingerprint density at radius 1 is 1.42 bits per heavy atom. The lowest BCUT2D eigenvalue weighted by molar-refractivity contribution is 0.101. The van der Waals surface area contributed by atoms with Gasteiger partial charge in [0.25, 0.3) is 0 Å². The molecule has 2 rings (SSSR count). The quantitative estimate of drug-likeness (QED) is 0.812. The summed E-state index contributed by atoms with van der Waals surface area (Å²) >= 11 is 0. The second-order valence-electron chi connectivity index (χ2n) is 4.68. The summed E-state index contributed by atoms with van der Waals surface area (Å²) < 4.78 is 0. The predicted molar refractivity (Wildman–Crippen MR) is 70.7 cm³/mol. The zero-order valence-electron chi connectivity index (χ0n) is 10.6. The molecule has 0 aromatic heterocycles. The van der Waals surface area contributed by atoms with Gasteiger partial charge in [0.1, 0.15) is 6.04 Å². The predicted octanol–water partition coefficient (Wildman–Crippen LogP) is 2.31. The van der Waals surface area contributed by atoms with Crippen LogP contribution in [-0.4, -0.2) is 17.9 Å². The Morgan fingerprint density at radius 2 is 2.16 bits per heavy atom. The van der Waals surface area contributed by atoms with E-state index in [0.717, 1.165) is 12.8 Å². The molecule has 0 bridgehead atoms. The van der Waals surface area contributed by atoms with Crippen LogP contribution in [0.1, 0.15) is 30.1 Å². The van der Waals surface area contributed by atoms with Crippen molar-refractivity contribution in [3.05, 3.63) is 29.8 Å². The first-order valence-corrected chi connectivity index (χ1v) is 6.18. The van der Waals surface area contributed by atoms with Gasteiger partial charge in [-0.25, -0.2) is 4.79 Å². The Labute approximate surface area is 111 Å². The van der Waals surface area contributed by atoms with Crippen LogP contribution in [0.3, 0.4) is 0 Å². The van der Waals surface area contributed by atoms with Crippen molar-refractivity contribution in [1.29, 1.82) is 5.26 Å². The molecule has 1 unspecified atom stereocenters. The molecule has 1 aliphatic rings. The molecule has 0 heterocycles. The van der Waals surface area contributed by atoms with Crippen LogP contribution in [0, 0.1) is 17.2 Å². The van der Waals surface area contributed by atoms with E-state index in [4.69, 9.17) is 5.26 Å². The van der Waals surface area contributed by atoms with Crippen LogP contribution in [0.4, 0.5) is 10.5 Å². The van der Waals surface area contributed by atoms with Gasteiger partial charge < -0.3 is 10.6 Å². The molecule has 19 heavy (non-hydrogen) atoms. The van der Waals surface area contributed by atoms with Crippen LogP contribution in [0.5, 0.6) is 0 Å². The first-order chi connectivity index (χ1) is 9.10. The van der Waals surface area contributed by atoms with Gasteiger partial charge in [0.2, 0.25) is 0 Å². The van der Waals surface area contributed by atoms with E-state index in [1.807, 2.05) is 0 Å². The molecule has 0 aliphatic heterocycles. The van der Waals surface area contributed by atoms with Gasteiger partial charge in [0.05, 0.1) is 6.07 Å². The van der Waals surface area contributed by atoms with Gasteiger partial charge in [-0.1, -0.05) is 12.1 Å². The van der Waals surface area contributed by atoms with Crippen molar-refractivity contribution in [1.82, 2.24) is 5.32 Å². The van der Waals surface area contributed by atoms with Crippen LogP contribution < -0.4 is 10.6 Å². The highest BCUT2D eigenvalue weighted by atomic mass is 16.2. The minimum Gasteiger partial charge on any atom is -0.322 e. The second-order valence-corrected chi connectivity index (χ2v) is 4.68. The van der Waals surface area contributed by atoms with E-state index in [0.29, 0.717) is 11.3 Å². The van der Waals surface area contributed by atoms with Gasteiger partial charge in [0.15, 0.2) is 5.78 Å². The SMILES string of the molecule is CC(=O)c1cccc(NC(=O)NC(C#N)C2CC2)c1. The van der Waals surface area contributed by atoms with E-state index in [-0.39, 0.29) is 11.7 Å². The highest BCUT2D eigenvalue weighted by molar-refractivity contribution is 5.96. The van der Waals surface area contributed by atoms with E-state index < -0.39 is 12.1 Å². The van der Waals surface area contributed by atoms with Gasteiger partial charge >= 0.3 is 6.03 Å². The maximum Gasteiger partial charge on any atom is 0.320 e. The molecule has 1 aromatic carbocycles. The van der Waals surface area contributed by atoms with E-state index in [1.54, 1.807) is 24.3 Å². The molecule has 1 saturated carbocycles. The number of hydrogen-bond acceptors (Lipinski definition) is 3. The Bertz CT molecular complexity index is 544. The molecule has 1 fully saturated rings. The number of rotatable bonds is 4. The van der Waals surface area contributed by atoms with E-state index in [1.165, 1.54) is 6.92 Å². The maximum atomic E-state index is 11.7. The van der Waals surface area contributed by atoms with E-state index >= 15 is 0 Å². The number of amides is 2. The molecule has 1 aliphatic carbocycles. The molecule has 0 spiro atoms. The number of nitriles is 1. The topological polar surface area (TPSA) is 82.0 Å². The fourth-order valence-electron chi connectivity index (χ4n) is 1.81. The number of nitrogens with one attached hydrogen (secondary N) is 2. The molecular formula is C14H15N3O2. The Balaban J connectivity index is 1.96. The van der Waals surface area contributed by atoms with Crippen molar-refractivity contribution in [3.63, 3.8) is 0 Å². The van der Waals surface area contributed by atoms with Crippen LogP contribution in [0.2, 0.25) is 0 Å². The molecule has 1 atom stereocenters. The zero-order chi connectivity index (χ0) is 13.8. The first-order valence-electron chi connectivity index (χ1n) is 6.18. The number of anilines is 1. The molecule has 1 aromatic rings. The number of Topliss-reactive ketones (excluding diaryl/α,β-unsaturated/α-hetero) is 1. The van der Waals surface area contributed by atoms with Gasteiger partial charge in [-0.3, -0.25) is 4.79 Å². The van der Waals surface area contributed by atoms with Crippen molar-refractivity contribution >= 4 is 17.5 Å². The maximum absolute atomic E-state index is 11.7. The molecule has 5 heteroatoms. The highest BCUT2D eigenvalue weighted by Crippen LogP contribution is 2.32. The third-order valence-corrected chi connectivity index (χ3v) is 3.05. The zero-order valence-corrected chi connectivity index (χ0v) is 10.6. The lowest BCUT2D eigenvalue weighted by Crippen LogP contribution is -2.38. The molecule has 2 amide bonds. The summed E-state index contributed by atoms with van der Waals surface area (Å²) in [6, 6.07) is 7.93. The van der Waals surface area contributed by atoms with E-state index in [9.17, 15) is 9.59 Å². The van der Waals surface area contributed by atoms with Crippen LogP contribution in [-0.2, 0) is 0 Å². The minimum atomic E-state index is -0.434. The number of hydrogen-bond donors (Lipinski definition) is 2. The molecule has 98 valence electrons. The van der Waals surface area contributed by atoms with Crippen molar-refractivity contribution < 1.29 is 9.59 Å². The average molecular weight is 257 g/mol. The van der Waals surface area contributed by atoms with Gasteiger partial charge in [-0.15, -0.1) is 0 Å². The smallest absolute Gasteiger partial charge is 0.320 e. The number of nitrogens with zero attached hydrogens (tertiary/aromatic N) is 1. The summed E-state index contributed by atoms with van der Waals surface area (Å²) in [5, 5.41) is 14.2. The van der Waals surface area contributed by atoms with E-state index in [2.05, 4.69) is 16.7 Å². The second kappa shape index (κ2) is 5.53. The monoisotopic (exact) mass is 257 g/mol. The first kappa shape index (κ1) is 13.1. The normalized spacial score (nSPS) is 15.2. The standard InChI is InChI=1S/C14H15N3O2/c1-9(18)11-3-2-4-12(7-11)16-14(19)17-13(8-15)10-5-6-10/h2-4,7,10,13H,5-6H2,1H3,(H2,16,17,19). The third-order valence-electron chi connectivity index (χ3n) is 3.05. The number of carbonyl (C=O) groups excluding carboxylic acids is 2. The van der Waals surface area contributed by atoms with Crippen LogP contribution in [0.25, 0.3) is 0 Å². The summed E-state index contributed by atoms with van der Waals surface area (Å²) in [6.45, 7) is 1.47. The summed E-state index contributed by atoms with van der Waals surface area (Å²) in [5.41, 5.74) is 1.08. The summed E-state index contributed by atoms with van der Waals surface area (Å²) in [6.07, 6.45) is 1.97. The fourth-order valence-corrected chi connectivity index (χ4v) is 1.81. The number of ketones is 1. The Kier molecular flexibility index (Phi) is 3.81.